The molecule has 0 aromatic heterocycles. The molecule has 3 rings (SSSR count). The van der Waals surface area contributed by atoms with Crippen LogP contribution in [0, 0.1) is 13.8 Å². The van der Waals surface area contributed by atoms with E-state index in [1.54, 1.807) is 11.9 Å². The average Bonchev–Trinajstić information content (AvgIpc) is 2.53. The van der Waals surface area contributed by atoms with E-state index in [4.69, 9.17) is 0 Å². The van der Waals surface area contributed by atoms with E-state index < -0.39 is 0 Å². The van der Waals surface area contributed by atoms with Gasteiger partial charge in [-0.05, 0) is 55.7 Å². The summed E-state index contributed by atoms with van der Waals surface area (Å²) in [7, 11) is 1.79. The van der Waals surface area contributed by atoms with Crippen molar-refractivity contribution in [2.75, 3.05) is 17.3 Å². The zero-order valence-corrected chi connectivity index (χ0v) is 13.6. The molecule has 0 unspecified atom stereocenters. The van der Waals surface area contributed by atoms with Crippen LogP contribution >= 0.6 is 0 Å². The zero-order valence-electron chi connectivity index (χ0n) is 13.6. The number of carbonyl (C=O) groups excluding carboxylic acids is 2. The van der Waals surface area contributed by atoms with Gasteiger partial charge in [-0.3, -0.25) is 9.59 Å². The maximum absolute atomic E-state index is 12.5. The smallest absolute Gasteiger partial charge is 0.255 e. The fraction of sp³-hybridized carbons (Fsp3) is 0.263. The molecular formula is C19H20N2O2. The molecule has 0 bridgehead atoms. The molecule has 2 amide bonds. The first-order valence-corrected chi connectivity index (χ1v) is 7.74. The number of fused-ring (bicyclic) bond motifs is 1. The molecule has 2 aromatic carbocycles. The highest BCUT2D eigenvalue weighted by Gasteiger charge is 2.21. The molecule has 118 valence electrons. The summed E-state index contributed by atoms with van der Waals surface area (Å²) >= 11 is 0. The third-order valence-corrected chi connectivity index (χ3v) is 4.32. The summed E-state index contributed by atoms with van der Waals surface area (Å²) in [5.41, 5.74) is 5.48. The molecule has 1 aliphatic rings. The third kappa shape index (κ3) is 2.97. The fourth-order valence-corrected chi connectivity index (χ4v) is 2.91. The van der Waals surface area contributed by atoms with Crippen LogP contribution in [0.3, 0.4) is 0 Å². The SMILES string of the molecule is Cc1ccc(C)c(C(=O)Nc2ccc3c(c2)CCC(=O)N3C)c1. The summed E-state index contributed by atoms with van der Waals surface area (Å²) in [5.74, 6) is 0.0241. The molecule has 1 heterocycles. The van der Waals surface area contributed by atoms with E-state index in [1.165, 1.54) is 0 Å². The minimum absolute atomic E-state index is 0.105. The summed E-state index contributed by atoms with van der Waals surface area (Å²) < 4.78 is 0. The number of nitrogens with one attached hydrogen (secondary N) is 1. The van der Waals surface area contributed by atoms with Gasteiger partial charge in [0.05, 0.1) is 0 Å². The second-order valence-corrected chi connectivity index (χ2v) is 6.07. The predicted octanol–water partition coefficient (Wildman–Crippen LogP) is 3.46. The Morgan fingerprint density at radius 2 is 1.87 bits per heavy atom. The van der Waals surface area contributed by atoms with E-state index in [-0.39, 0.29) is 11.8 Å². The highest BCUT2D eigenvalue weighted by molar-refractivity contribution is 6.05. The normalized spacial score (nSPS) is 13.7. The van der Waals surface area contributed by atoms with Crippen LogP contribution in [0.15, 0.2) is 36.4 Å². The molecular weight excluding hydrogens is 288 g/mol. The molecule has 0 saturated carbocycles. The summed E-state index contributed by atoms with van der Waals surface area (Å²) in [4.78, 5) is 25.9. The Morgan fingerprint density at radius 3 is 2.65 bits per heavy atom. The summed E-state index contributed by atoms with van der Waals surface area (Å²) in [6.07, 6.45) is 1.23. The summed E-state index contributed by atoms with van der Waals surface area (Å²) in [6.45, 7) is 3.91. The van der Waals surface area contributed by atoms with Gasteiger partial charge in [-0.1, -0.05) is 17.7 Å². The van der Waals surface area contributed by atoms with Crippen LogP contribution in [0.25, 0.3) is 0 Å². The Morgan fingerprint density at radius 1 is 1.09 bits per heavy atom. The van der Waals surface area contributed by atoms with E-state index in [2.05, 4.69) is 5.32 Å². The molecule has 0 spiro atoms. The van der Waals surface area contributed by atoms with Gasteiger partial charge >= 0.3 is 0 Å². The first kappa shape index (κ1) is 15.3. The quantitative estimate of drug-likeness (QED) is 0.923. The summed E-state index contributed by atoms with van der Waals surface area (Å²) in [5, 5.41) is 2.96. The van der Waals surface area contributed by atoms with Crippen LogP contribution in [-0.2, 0) is 11.2 Å². The molecule has 0 saturated heterocycles. The van der Waals surface area contributed by atoms with Gasteiger partial charge in [-0.25, -0.2) is 0 Å². The van der Waals surface area contributed by atoms with Gasteiger partial charge in [0.15, 0.2) is 0 Å². The second kappa shape index (κ2) is 5.88. The lowest BCUT2D eigenvalue weighted by molar-refractivity contribution is -0.118. The van der Waals surface area contributed by atoms with Crippen LogP contribution in [0.5, 0.6) is 0 Å². The number of anilines is 2. The Hall–Kier alpha value is -2.62. The van der Waals surface area contributed by atoms with Gasteiger partial charge < -0.3 is 10.2 Å². The van der Waals surface area contributed by atoms with Gasteiger partial charge in [-0.15, -0.1) is 0 Å². The van der Waals surface area contributed by atoms with E-state index >= 15 is 0 Å². The number of aryl methyl sites for hydroxylation is 3. The van der Waals surface area contributed by atoms with E-state index in [9.17, 15) is 9.59 Å². The number of hydrogen-bond donors (Lipinski definition) is 1. The lowest BCUT2D eigenvalue weighted by atomic mass is 10.0. The number of rotatable bonds is 2. The number of benzene rings is 2. The van der Waals surface area contributed by atoms with Gasteiger partial charge in [0.1, 0.15) is 0 Å². The largest absolute Gasteiger partial charge is 0.322 e. The second-order valence-electron chi connectivity index (χ2n) is 6.07. The molecule has 0 aliphatic carbocycles. The van der Waals surface area contributed by atoms with Crippen molar-refractivity contribution in [3.63, 3.8) is 0 Å². The Labute approximate surface area is 136 Å². The standard InChI is InChI=1S/C19H20N2O2/c1-12-4-5-13(2)16(10-12)19(23)20-15-7-8-17-14(11-15)6-9-18(22)21(17)3/h4-5,7-8,10-11H,6,9H2,1-3H3,(H,20,23). The molecule has 4 heteroatoms. The van der Waals surface area contributed by atoms with Crippen LogP contribution < -0.4 is 10.2 Å². The van der Waals surface area contributed by atoms with Crippen molar-refractivity contribution >= 4 is 23.2 Å². The van der Waals surface area contributed by atoms with Gasteiger partial charge in [0.2, 0.25) is 5.91 Å². The van der Waals surface area contributed by atoms with Gasteiger partial charge in [0, 0.05) is 30.4 Å². The number of carbonyl (C=O) groups is 2. The average molecular weight is 308 g/mol. The van der Waals surface area contributed by atoms with E-state index in [1.807, 2.05) is 50.2 Å². The zero-order chi connectivity index (χ0) is 16.6. The minimum atomic E-state index is -0.105. The number of nitrogens with zero attached hydrogens (tertiary/aromatic N) is 1. The minimum Gasteiger partial charge on any atom is -0.322 e. The maximum Gasteiger partial charge on any atom is 0.255 e. The lowest BCUT2D eigenvalue weighted by Gasteiger charge is -2.26. The van der Waals surface area contributed by atoms with Crippen molar-refractivity contribution in [2.24, 2.45) is 0 Å². The number of amides is 2. The Kier molecular flexibility index (Phi) is 3.90. The maximum atomic E-state index is 12.5. The van der Waals surface area contributed by atoms with Crippen LogP contribution in [-0.4, -0.2) is 18.9 Å². The molecule has 0 atom stereocenters. The number of hydrogen-bond acceptors (Lipinski definition) is 2. The Bertz CT molecular complexity index is 796. The van der Waals surface area contributed by atoms with Gasteiger partial charge in [0.25, 0.3) is 5.91 Å². The lowest BCUT2D eigenvalue weighted by Crippen LogP contribution is -2.31. The highest BCUT2D eigenvalue weighted by atomic mass is 16.2. The Balaban J connectivity index is 1.85. The van der Waals surface area contributed by atoms with Crippen molar-refractivity contribution in [3.8, 4) is 0 Å². The predicted molar refractivity (Wildman–Crippen MR) is 92.0 cm³/mol. The topological polar surface area (TPSA) is 49.4 Å². The molecule has 0 radical (unpaired) electrons. The monoisotopic (exact) mass is 308 g/mol. The molecule has 23 heavy (non-hydrogen) atoms. The van der Waals surface area contributed by atoms with Crippen molar-refractivity contribution in [3.05, 3.63) is 58.7 Å². The third-order valence-electron chi connectivity index (χ3n) is 4.32. The van der Waals surface area contributed by atoms with Crippen LogP contribution in [0.4, 0.5) is 11.4 Å². The highest BCUT2D eigenvalue weighted by Crippen LogP contribution is 2.29. The van der Waals surface area contributed by atoms with Crippen molar-refractivity contribution in [1.82, 2.24) is 0 Å². The van der Waals surface area contributed by atoms with Crippen molar-refractivity contribution in [1.29, 1.82) is 0 Å². The van der Waals surface area contributed by atoms with E-state index in [0.29, 0.717) is 18.4 Å². The van der Waals surface area contributed by atoms with Crippen molar-refractivity contribution < 1.29 is 9.59 Å². The van der Waals surface area contributed by atoms with Crippen LogP contribution in [0.2, 0.25) is 0 Å². The molecule has 1 N–H and O–H groups in total. The molecule has 1 aliphatic heterocycles. The molecule has 0 fully saturated rings. The van der Waals surface area contributed by atoms with Crippen molar-refractivity contribution in [2.45, 2.75) is 26.7 Å². The summed E-state index contributed by atoms with van der Waals surface area (Å²) in [6, 6.07) is 11.6. The first-order valence-electron chi connectivity index (χ1n) is 7.74. The van der Waals surface area contributed by atoms with Gasteiger partial charge in [-0.2, -0.15) is 0 Å². The first-order chi connectivity index (χ1) is 11.0. The molecule has 4 nitrogen and oxygen atoms in total. The van der Waals surface area contributed by atoms with Crippen LogP contribution in [0.1, 0.15) is 33.5 Å². The van der Waals surface area contributed by atoms with E-state index in [0.717, 1.165) is 28.1 Å². The molecule has 2 aromatic rings. The fourth-order valence-electron chi connectivity index (χ4n) is 2.91.